The zero-order chi connectivity index (χ0) is 19.5. The second-order valence-electron chi connectivity index (χ2n) is 6.54. The molecule has 0 saturated heterocycles. The van der Waals surface area contributed by atoms with Crippen LogP contribution < -0.4 is 5.32 Å². The molecule has 0 aromatic heterocycles. The first-order valence-corrected chi connectivity index (χ1v) is 8.96. The van der Waals surface area contributed by atoms with Crippen molar-refractivity contribution in [3.63, 3.8) is 0 Å². The van der Waals surface area contributed by atoms with Gasteiger partial charge in [0.05, 0.1) is 17.3 Å². The lowest BCUT2D eigenvalue weighted by atomic mass is 9.93. The van der Waals surface area contributed by atoms with E-state index < -0.39 is 0 Å². The van der Waals surface area contributed by atoms with E-state index in [1.165, 1.54) is 24.3 Å². The smallest absolute Gasteiger partial charge is 0.256 e. The van der Waals surface area contributed by atoms with E-state index in [0.717, 1.165) is 17.0 Å². The van der Waals surface area contributed by atoms with Crippen LogP contribution in [0, 0.1) is 5.82 Å². The topological polar surface area (TPSA) is 53.8 Å². The number of hydrogen-bond acceptors (Lipinski definition) is 3. The first-order chi connectivity index (χ1) is 13.6. The third-order valence-corrected chi connectivity index (χ3v) is 4.59. The normalized spacial score (nSPS) is 15.7. The van der Waals surface area contributed by atoms with Gasteiger partial charge in [0, 0.05) is 11.3 Å². The van der Waals surface area contributed by atoms with Crippen LogP contribution in [0.15, 0.2) is 88.8 Å². The lowest BCUT2D eigenvalue weighted by Gasteiger charge is -2.19. The molecule has 0 spiro atoms. The number of amides is 1. The van der Waals surface area contributed by atoms with Crippen LogP contribution in [0.3, 0.4) is 0 Å². The van der Waals surface area contributed by atoms with Crippen molar-refractivity contribution in [2.24, 2.45) is 9.98 Å². The van der Waals surface area contributed by atoms with Gasteiger partial charge in [-0.1, -0.05) is 42.5 Å². The van der Waals surface area contributed by atoms with E-state index in [1.807, 2.05) is 61.5 Å². The van der Waals surface area contributed by atoms with Gasteiger partial charge in [0.2, 0.25) is 0 Å². The number of carbonyl (C=O) groups excluding carboxylic acids is 1. The van der Waals surface area contributed by atoms with Crippen molar-refractivity contribution in [1.29, 1.82) is 0 Å². The number of para-hydroxylation sites is 2. The van der Waals surface area contributed by atoms with E-state index in [2.05, 4.69) is 5.32 Å². The Labute approximate surface area is 162 Å². The van der Waals surface area contributed by atoms with E-state index in [4.69, 9.17) is 9.98 Å². The number of nitrogens with zero attached hydrogens (tertiary/aromatic N) is 2. The Morgan fingerprint density at radius 3 is 2.14 bits per heavy atom. The van der Waals surface area contributed by atoms with Crippen LogP contribution in [0.5, 0.6) is 0 Å². The minimum atomic E-state index is -0.387. The van der Waals surface area contributed by atoms with Gasteiger partial charge < -0.3 is 5.32 Å². The van der Waals surface area contributed by atoms with Crippen LogP contribution in [0.1, 0.15) is 28.8 Å². The quantitative estimate of drug-likeness (QED) is 0.663. The monoisotopic (exact) mass is 371 g/mol. The van der Waals surface area contributed by atoms with Gasteiger partial charge in [-0.15, -0.1) is 0 Å². The highest BCUT2D eigenvalue weighted by molar-refractivity contribution is 6.19. The van der Waals surface area contributed by atoms with Gasteiger partial charge in [0.25, 0.3) is 5.91 Å². The molecule has 4 nitrogen and oxygen atoms in total. The summed E-state index contributed by atoms with van der Waals surface area (Å²) in [4.78, 5) is 22.2. The van der Waals surface area contributed by atoms with Crippen LogP contribution in [-0.2, 0) is 0 Å². The number of rotatable bonds is 2. The highest BCUT2D eigenvalue weighted by Gasteiger charge is 2.26. The predicted molar refractivity (Wildman–Crippen MR) is 109 cm³/mol. The van der Waals surface area contributed by atoms with E-state index in [1.54, 1.807) is 0 Å². The Kier molecular flexibility index (Phi) is 4.81. The standard InChI is InChI=1S/C23H18FN3O/c1-15-21(16-7-3-2-4-8-16)22(26-20-10-6-5-9-19(20)25-15)27-23(28)17-11-13-18(24)14-12-17/h2-14,21H,1H3,(H,26,27,28)/t21-/m0/s1. The zero-order valence-electron chi connectivity index (χ0n) is 15.3. The van der Waals surface area contributed by atoms with E-state index in [9.17, 15) is 9.18 Å². The molecule has 0 saturated carbocycles. The summed E-state index contributed by atoms with van der Waals surface area (Å²) in [6.45, 7) is 1.93. The summed E-state index contributed by atoms with van der Waals surface area (Å²) in [5, 5.41) is 2.92. The molecule has 0 unspecified atom stereocenters. The fourth-order valence-electron chi connectivity index (χ4n) is 3.23. The van der Waals surface area contributed by atoms with E-state index >= 15 is 0 Å². The molecular formula is C23H18FN3O. The molecule has 1 atom stereocenters. The Hall–Kier alpha value is -3.60. The van der Waals surface area contributed by atoms with Crippen molar-refractivity contribution in [3.05, 3.63) is 95.8 Å². The molecule has 0 aliphatic carbocycles. The van der Waals surface area contributed by atoms with Crippen LogP contribution in [-0.4, -0.2) is 17.5 Å². The van der Waals surface area contributed by atoms with Crippen LogP contribution in [0.25, 0.3) is 0 Å². The molecule has 1 amide bonds. The molecule has 1 N–H and O–H groups in total. The molecule has 28 heavy (non-hydrogen) atoms. The minimum absolute atomic E-state index is 0.294. The Bertz CT molecular complexity index is 1070. The summed E-state index contributed by atoms with van der Waals surface area (Å²) in [6, 6.07) is 22.8. The molecule has 5 heteroatoms. The van der Waals surface area contributed by atoms with Gasteiger partial charge in [-0.05, 0) is 48.9 Å². The number of nitrogens with one attached hydrogen (secondary N) is 1. The van der Waals surface area contributed by atoms with Crippen molar-refractivity contribution >= 4 is 28.8 Å². The van der Waals surface area contributed by atoms with Gasteiger partial charge in [-0.3, -0.25) is 9.79 Å². The van der Waals surface area contributed by atoms with Gasteiger partial charge in [0.1, 0.15) is 11.7 Å². The van der Waals surface area contributed by atoms with Gasteiger partial charge in [-0.25, -0.2) is 9.38 Å². The third-order valence-electron chi connectivity index (χ3n) is 4.59. The SMILES string of the molecule is CC1=Nc2ccccc2N=C(NC(=O)c2ccc(F)cc2)[C@@H]1c1ccccc1. The first-order valence-electron chi connectivity index (χ1n) is 8.96. The van der Waals surface area contributed by atoms with Crippen LogP contribution in [0.4, 0.5) is 15.8 Å². The molecule has 3 aromatic carbocycles. The molecule has 3 aromatic rings. The Morgan fingerprint density at radius 2 is 1.46 bits per heavy atom. The third kappa shape index (κ3) is 3.60. The van der Waals surface area contributed by atoms with E-state index in [0.29, 0.717) is 17.1 Å². The molecule has 138 valence electrons. The first kappa shape index (κ1) is 17.8. The Balaban J connectivity index is 1.78. The number of hydrogen-bond donors (Lipinski definition) is 1. The predicted octanol–water partition coefficient (Wildman–Crippen LogP) is 5.18. The fraction of sp³-hybridized carbons (Fsp3) is 0.0870. The number of benzene rings is 3. The number of fused-ring (bicyclic) bond motifs is 1. The average Bonchev–Trinajstić information content (AvgIpc) is 2.84. The lowest BCUT2D eigenvalue weighted by molar-refractivity contribution is 0.0976. The number of halogens is 1. The molecule has 1 aliphatic heterocycles. The van der Waals surface area contributed by atoms with Gasteiger partial charge >= 0.3 is 0 Å². The van der Waals surface area contributed by atoms with Crippen molar-refractivity contribution < 1.29 is 9.18 Å². The molecule has 4 rings (SSSR count). The Morgan fingerprint density at radius 1 is 0.857 bits per heavy atom. The summed E-state index contributed by atoms with van der Waals surface area (Å²) < 4.78 is 13.2. The summed E-state index contributed by atoms with van der Waals surface area (Å²) in [7, 11) is 0. The lowest BCUT2D eigenvalue weighted by Crippen LogP contribution is -2.37. The fourth-order valence-corrected chi connectivity index (χ4v) is 3.23. The zero-order valence-corrected chi connectivity index (χ0v) is 15.3. The number of carbonyl (C=O) groups is 1. The molecule has 0 bridgehead atoms. The second-order valence-corrected chi connectivity index (χ2v) is 6.54. The molecule has 1 aliphatic rings. The summed E-state index contributed by atoms with van der Waals surface area (Å²) in [6.07, 6.45) is 0. The maximum absolute atomic E-state index is 13.2. The summed E-state index contributed by atoms with van der Waals surface area (Å²) in [5.41, 5.74) is 3.62. The van der Waals surface area contributed by atoms with Crippen molar-refractivity contribution in [3.8, 4) is 0 Å². The minimum Gasteiger partial charge on any atom is -0.309 e. The highest BCUT2D eigenvalue weighted by atomic mass is 19.1. The van der Waals surface area contributed by atoms with Gasteiger partial charge in [-0.2, -0.15) is 0 Å². The molecular weight excluding hydrogens is 353 g/mol. The second kappa shape index (κ2) is 7.56. The largest absolute Gasteiger partial charge is 0.309 e. The molecule has 0 radical (unpaired) electrons. The van der Waals surface area contributed by atoms with Crippen LogP contribution in [0.2, 0.25) is 0 Å². The average molecular weight is 371 g/mol. The van der Waals surface area contributed by atoms with Crippen molar-refractivity contribution in [1.82, 2.24) is 5.32 Å². The summed E-state index contributed by atoms with van der Waals surface area (Å²) in [5.74, 6) is -0.529. The number of aliphatic imine (C=N–C) groups is 2. The maximum Gasteiger partial charge on any atom is 0.256 e. The molecule has 1 heterocycles. The highest BCUT2D eigenvalue weighted by Crippen LogP contribution is 2.34. The summed E-state index contributed by atoms with van der Waals surface area (Å²) >= 11 is 0. The number of amidine groups is 1. The molecule has 0 fully saturated rings. The van der Waals surface area contributed by atoms with E-state index in [-0.39, 0.29) is 17.6 Å². The van der Waals surface area contributed by atoms with Gasteiger partial charge in [0.15, 0.2) is 0 Å². The maximum atomic E-state index is 13.2. The van der Waals surface area contributed by atoms with Crippen LogP contribution >= 0.6 is 0 Å². The van der Waals surface area contributed by atoms with Crippen molar-refractivity contribution in [2.45, 2.75) is 12.8 Å². The van der Waals surface area contributed by atoms with Crippen molar-refractivity contribution in [2.75, 3.05) is 0 Å².